The van der Waals surface area contributed by atoms with Crippen molar-refractivity contribution in [1.82, 2.24) is 4.98 Å². The van der Waals surface area contributed by atoms with Gasteiger partial charge in [-0.25, -0.2) is 4.98 Å². The lowest BCUT2D eigenvalue weighted by atomic mass is 10.0. The highest BCUT2D eigenvalue weighted by Crippen LogP contribution is 2.29. The Balaban J connectivity index is 3.34. The average Bonchev–Trinajstić information content (AvgIpc) is 2.29. The van der Waals surface area contributed by atoms with Crippen LogP contribution in [-0.4, -0.2) is 28.1 Å². The molecule has 0 amide bonds. The molecule has 0 aromatic carbocycles. The van der Waals surface area contributed by atoms with Crippen LogP contribution in [0, 0.1) is 10.1 Å². The maximum absolute atomic E-state index is 11.0. The maximum atomic E-state index is 11.0. The lowest BCUT2D eigenvalue weighted by Crippen LogP contribution is -2.14. The van der Waals surface area contributed by atoms with E-state index in [0.717, 1.165) is 0 Å². The van der Waals surface area contributed by atoms with Crippen molar-refractivity contribution in [2.45, 2.75) is 19.3 Å². The average molecular weight is 240 g/mol. The normalized spacial score (nSPS) is 11.9. The van der Waals surface area contributed by atoms with E-state index >= 15 is 0 Å². The van der Waals surface area contributed by atoms with Gasteiger partial charge in [-0.05, 0) is 6.42 Å². The molecule has 92 valence electrons. The summed E-state index contributed by atoms with van der Waals surface area (Å²) in [5.41, 5.74) is -0.385. The number of aliphatic carboxylic acids is 1. The number of hydrogen-bond donors (Lipinski definition) is 1. The number of rotatable bonds is 5. The van der Waals surface area contributed by atoms with Crippen LogP contribution in [0.3, 0.4) is 0 Å². The van der Waals surface area contributed by atoms with E-state index in [4.69, 9.17) is 9.84 Å². The first-order chi connectivity index (χ1) is 8.01. The van der Waals surface area contributed by atoms with Crippen molar-refractivity contribution in [2.24, 2.45) is 0 Å². The Kier molecular flexibility index (Phi) is 3.97. The largest absolute Gasteiger partial charge is 0.481 e. The second-order valence-corrected chi connectivity index (χ2v) is 3.31. The van der Waals surface area contributed by atoms with E-state index in [0.29, 0.717) is 0 Å². The first-order valence-electron chi connectivity index (χ1n) is 4.93. The summed E-state index contributed by atoms with van der Waals surface area (Å²) in [4.78, 5) is 25.0. The number of hydrogen-bond acceptors (Lipinski definition) is 5. The van der Waals surface area contributed by atoms with Gasteiger partial charge in [-0.3, -0.25) is 14.9 Å². The molecule has 1 N–H and O–H groups in total. The second-order valence-electron chi connectivity index (χ2n) is 3.31. The number of aromatic nitrogens is 1. The Morgan fingerprint density at radius 1 is 1.65 bits per heavy atom. The number of methoxy groups -OCH3 is 1. The fourth-order valence-electron chi connectivity index (χ4n) is 1.46. The van der Waals surface area contributed by atoms with Gasteiger partial charge in [-0.1, -0.05) is 6.92 Å². The zero-order valence-electron chi connectivity index (χ0n) is 9.41. The predicted octanol–water partition coefficient (Wildman–Crippen LogP) is 1.58. The van der Waals surface area contributed by atoms with Crippen LogP contribution in [-0.2, 0) is 4.79 Å². The third kappa shape index (κ3) is 2.68. The summed E-state index contributed by atoms with van der Waals surface area (Å²) < 4.78 is 4.84. The standard InChI is InChI=1S/C10H12N2O5/c1-3-6(10(13)14)9-7(12(15)16)4-5-8(11-9)17-2/h4-6H,3H2,1-2H3,(H,13,14). The van der Waals surface area contributed by atoms with Crippen LogP contribution >= 0.6 is 0 Å². The summed E-state index contributed by atoms with van der Waals surface area (Å²) in [7, 11) is 1.36. The van der Waals surface area contributed by atoms with E-state index in [-0.39, 0.29) is 23.7 Å². The topological polar surface area (TPSA) is 103 Å². The fourth-order valence-corrected chi connectivity index (χ4v) is 1.46. The number of nitro groups is 1. The second kappa shape index (κ2) is 5.24. The molecule has 1 unspecified atom stereocenters. The van der Waals surface area contributed by atoms with Gasteiger partial charge in [0.05, 0.1) is 12.0 Å². The highest BCUT2D eigenvalue weighted by molar-refractivity contribution is 5.77. The number of carboxylic acids is 1. The molecule has 0 bridgehead atoms. The van der Waals surface area contributed by atoms with E-state index in [9.17, 15) is 14.9 Å². The Morgan fingerprint density at radius 3 is 2.71 bits per heavy atom. The summed E-state index contributed by atoms with van der Waals surface area (Å²) in [5.74, 6) is -1.99. The Bertz CT molecular complexity index is 446. The van der Waals surface area contributed by atoms with E-state index in [2.05, 4.69) is 4.98 Å². The summed E-state index contributed by atoms with van der Waals surface area (Å²) in [6, 6.07) is 2.53. The van der Waals surface area contributed by atoms with Crippen molar-refractivity contribution in [1.29, 1.82) is 0 Å². The molecule has 7 nitrogen and oxygen atoms in total. The van der Waals surface area contributed by atoms with Crippen molar-refractivity contribution in [2.75, 3.05) is 7.11 Å². The number of nitrogens with zero attached hydrogens (tertiary/aromatic N) is 2. The van der Waals surface area contributed by atoms with E-state index < -0.39 is 16.8 Å². The number of carbonyl (C=O) groups is 1. The SMILES string of the molecule is CCC(C(=O)O)c1nc(OC)ccc1[N+](=O)[O-]. The summed E-state index contributed by atoms with van der Waals surface area (Å²) in [6.07, 6.45) is 0.219. The van der Waals surface area contributed by atoms with Gasteiger partial charge >= 0.3 is 5.97 Å². The van der Waals surface area contributed by atoms with Crippen LogP contribution < -0.4 is 4.74 Å². The van der Waals surface area contributed by atoms with Gasteiger partial charge < -0.3 is 9.84 Å². The smallest absolute Gasteiger partial charge is 0.312 e. The number of ether oxygens (including phenoxy) is 1. The van der Waals surface area contributed by atoms with Gasteiger partial charge in [-0.15, -0.1) is 0 Å². The molecule has 1 heterocycles. The lowest BCUT2D eigenvalue weighted by molar-refractivity contribution is -0.386. The van der Waals surface area contributed by atoms with Crippen LogP contribution in [0.5, 0.6) is 5.88 Å². The molecule has 0 aliphatic carbocycles. The minimum atomic E-state index is -1.14. The molecule has 0 spiro atoms. The summed E-state index contributed by atoms with van der Waals surface area (Å²) >= 11 is 0. The highest BCUT2D eigenvalue weighted by Gasteiger charge is 2.28. The van der Waals surface area contributed by atoms with Crippen LogP contribution in [0.1, 0.15) is 25.0 Å². The van der Waals surface area contributed by atoms with Crippen LogP contribution in [0.25, 0.3) is 0 Å². The molecule has 1 aromatic rings. The van der Waals surface area contributed by atoms with Crippen LogP contribution in [0.15, 0.2) is 12.1 Å². The quantitative estimate of drug-likeness (QED) is 0.619. The van der Waals surface area contributed by atoms with E-state index in [1.165, 1.54) is 19.2 Å². The van der Waals surface area contributed by atoms with Crippen molar-refractivity contribution >= 4 is 11.7 Å². The minimum absolute atomic E-state index is 0.0793. The molecule has 1 rings (SSSR count). The Morgan fingerprint density at radius 2 is 2.29 bits per heavy atom. The van der Waals surface area contributed by atoms with Crippen molar-refractivity contribution in [3.05, 3.63) is 27.9 Å². The lowest BCUT2D eigenvalue weighted by Gasteiger charge is -2.10. The molecular formula is C10H12N2O5. The van der Waals surface area contributed by atoms with E-state index in [1.807, 2.05) is 0 Å². The van der Waals surface area contributed by atoms with Gasteiger partial charge in [-0.2, -0.15) is 0 Å². The summed E-state index contributed by atoms with van der Waals surface area (Å²) in [5, 5.41) is 19.8. The van der Waals surface area contributed by atoms with Crippen molar-refractivity contribution in [3.8, 4) is 5.88 Å². The molecule has 17 heavy (non-hydrogen) atoms. The van der Waals surface area contributed by atoms with Crippen LogP contribution in [0.4, 0.5) is 5.69 Å². The van der Waals surface area contributed by atoms with Crippen molar-refractivity contribution in [3.63, 3.8) is 0 Å². The van der Waals surface area contributed by atoms with Crippen LogP contribution in [0.2, 0.25) is 0 Å². The van der Waals surface area contributed by atoms with Gasteiger partial charge in [0, 0.05) is 12.1 Å². The van der Waals surface area contributed by atoms with Gasteiger partial charge in [0.2, 0.25) is 5.88 Å². The zero-order chi connectivity index (χ0) is 13.0. The predicted molar refractivity (Wildman–Crippen MR) is 58.1 cm³/mol. The third-order valence-corrected chi connectivity index (χ3v) is 2.32. The van der Waals surface area contributed by atoms with Gasteiger partial charge in [0.25, 0.3) is 5.69 Å². The number of pyridine rings is 1. The maximum Gasteiger partial charge on any atom is 0.312 e. The molecule has 1 aromatic heterocycles. The molecule has 0 saturated heterocycles. The molecule has 1 atom stereocenters. The molecule has 0 aliphatic rings. The van der Waals surface area contributed by atoms with E-state index in [1.54, 1.807) is 6.92 Å². The van der Waals surface area contributed by atoms with Gasteiger partial charge in [0.15, 0.2) is 0 Å². The summed E-state index contributed by atoms with van der Waals surface area (Å²) in [6.45, 7) is 1.63. The Labute approximate surface area is 97.2 Å². The molecular weight excluding hydrogens is 228 g/mol. The molecule has 0 aliphatic heterocycles. The Hall–Kier alpha value is -2.18. The minimum Gasteiger partial charge on any atom is -0.481 e. The zero-order valence-corrected chi connectivity index (χ0v) is 9.41. The molecule has 7 heteroatoms. The molecule has 0 fully saturated rings. The highest BCUT2D eigenvalue weighted by atomic mass is 16.6. The van der Waals surface area contributed by atoms with Gasteiger partial charge in [0.1, 0.15) is 11.6 Å². The third-order valence-electron chi connectivity index (χ3n) is 2.32. The van der Waals surface area contributed by atoms with Crippen molar-refractivity contribution < 1.29 is 19.6 Å². The first kappa shape index (κ1) is 12.9. The first-order valence-corrected chi connectivity index (χ1v) is 4.93. The monoisotopic (exact) mass is 240 g/mol. The molecule has 0 radical (unpaired) electrons. The number of carboxylic acid groups (broad SMARTS) is 1. The fraction of sp³-hybridized carbons (Fsp3) is 0.400. The molecule has 0 saturated carbocycles.